The van der Waals surface area contributed by atoms with Crippen LogP contribution in [0.15, 0.2) is 6.07 Å². The van der Waals surface area contributed by atoms with Crippen molar-refractivity contribution in [3.63, 3.8) is 0 Å². The summed E-state index contributed by atoms with van der Waals surface area (Å²) in [5.41, 5.74) is 1.59. The average Bonchev–Trinajstić information content (AvgIpc) is 2.88. The third kappa shape index (κ3) is 1.61. The zero-order valence-electron chi connectivity index (χ0n) is 11.3. The molecule has 5 heteroatoms. The van der Waals surface area contributed by atoms with E-state index in [-0.39, 0.29) is 24.5 Å². The number of Topliss-reactive ketones (excluding diaryl/α,β-unsaturated/α-hetero) is 1. The molecule has 1 fully saturated rings. The number of benzene rings is 1. The van der Waals surface area contributed by atoms with Crippen molar-refractivity contribution in [1.82, 2.24) is 4.90 Å². The van der Waals surface area contributed by atoms with E-state index in [1.807, 2.05) is 0 Å². The molecule has 20 heavy (non-hydrogen) atoms. The van der Waals surface area contributed by atoms with Crippen LogP contribution in [-0.4, -0.2) is 37.1 Å². The number of ketones is 1. The molecule has 0 radical (unpaired) electrons. The first-order valence-corrected chi connectivity index (χ1v) is 7.40. The van der Waals surface area contributed by atoms with Gasteiger partial charge < -0.3 is 14.4 Å². The smallest absolute Gasteiger partial charge is 0.231 e. The molecule has 0 bridgehead atoms. The highest BCUT2D eigenvalue weighted by molar-refractivity contribution is 6.32. The first-order valence-electron chi connectivity index (χ1n) is 7.02. The minimum atomic E-state index is 0.0630. The number of hydrogen-bond acceptors (Lipinski definition) is 4. The second-order valence-corrected chi connectivity index (χ2v) is 6.22. The molecule has 2 aliphatic heterocycles. The van der Waals surface area contributed by atoms with Crippen molar-refractivity contribution in [1.29, 1.82) is 0 Å². The standard InChI is InChI=1S/C15H16ClNO3/c1-17-4-2-3-8-11(17)5-9-10(16)6-12-15(20-7-19-12)13(9)14(8)18/h6,8,11H,2-5,7H2,1H3/t8-,11+/m0/s1. The predicted molar refractivity (Wildman–Crippen MR) is 74.8 cm³/mol. The van der Waals surface area contributed by atoms with Crippen LogP contribution in [0, 0.1) is 5.92 Å². The van der Waals surface area contributed by atoms with E-state index in [2.05, 4.69) is 11.9 Å². The number of carbonyl (C=O) groups excluding carboxylic acids is 1. The summed E-state index contributed by atoms with van der Waals surface area (Å²) in [4.78, 5) is 15.2. The zero-order chi connectivity index (χ0) is 13.9. The van der Waals surface area contributed by atoms with Gasteiger partial charge in [0.25, 0.3) is 0 Å². The maximum absolute atomic E-state index is 12.9. The van der Waals surface area contributed by atoms with Gasteiger partial charge in [-0.15, -0.1) is 0 Å². The normalized spacial score (nSPS) is 28.2. The van der Waals surface area contributed by atoms with Crippen LogP contribution in [0.3, 0.4) is 0 Å². The van der Waals surface area contributed by atoms with E-state index in [1.54, 1.807) is 6.07 Å². The van der Waals surface area contributed by atoms with Crippen LogP contribution in [0.2, 0.25) is 5.02 Å². The van der Waals surface area contributed by atoms with E-state index in [0.717, 1.165) is 31.4 Å². The summed E-state index contributed by atoms with van der Waals surface area (Å²) in [5, 5.41) is 0.620. The Hall–Kier alpha value is -1.26. The molecule has 0 spiro atoms. The fourth-order valence-electron chi connectivity index (χ4n) is 3.73. The monoisotopic (exact) mass is 293 g/mol. The van der Waals surface area contributed by atoms with Gasteiger partial charge in [-0.2, -0.15) is 0 Å². The SMILES string of the molecule is CN1CCC[C@@H]2C(=O)c3c(c(Cl)cc4c3OCO4)C[C@H]21. The van der Waals surface area contributed by atoms with Gasteiger partial charge in [0.05, 0.1) is 5.56 Å². The largest absolute Gasteiger partial charge is 0.454 e. The third-order valence-corrected chi connectivity index (χ3v) is 5.11. The summed E-state index contributed by atoms with van der Waals surface area (Å²) in [5.74, 6) is 1.44. The number of hydrogen-bond donors (Lipinski definition) is 0. The molecule has 1 aromatic rings. The van der Waals surface area contributed by atoms with Gasteiger partial charge in [-0.25, -0.2) is 0 Å². The Morgan fingerprint density at radius 2 is 2.25 bits per heavy atom. The lowest BCUT2D eigenvalue weighted by molar-refractivity contribution is 0.0662. The van der Waals surface area contributed by atoms with E-state index in [4.69, 9.17) is 21.1 Å². The van der Waals surface area contributed by atoms with Crippen molar-refractivity contribution < 1.29 is 14.3 Å². The van der Waals surface area contributed by atoms with E-state index < -0.39 is 0 Å². The quantitative estimate of drug-likeness (QED) is 0.737. The molecule has 106 valence electrons. The summed E-state index contributed by atoms with van der Waals surface area (Å²) in [6.45, 7) is 1.22. The summed E-state index contributed by atoms with van der Waals surface area (Å²) in [6, 6.07) is 2.04. The molecule has 1 aliphatic carbocycles. The van der Waals surface area contributed by atoms with Crippen LogP contribution in [0.1, 0.15) is 28.8 Å². The summed E-state index contributed by atoms with van der Waals surface area (Å²) in [6.07, 6.45) is 2.84. The Balaban J connectivity index is 1.88. The molecule has 2 atom stereocenters. The first-order chi connectivity index (χ1) is 9.66. The van der Waals surface area contributed by atoms with Crippen LogP contribution < -0.4 is 9.47 Å². The maximum atomic E-state index is 12.9. The van der Waals surface area contributed by atoms with Gasteiger partial charge in [-0.1, -0.05) is 11.6 Å². The molecule has 0 unspecified atom stereocenters. The van der Waals surface area contributed by atoms with E-state index >= 15 is 0 Å². The average molecular weight is 294 g/mol. The van der Waals surface area contributed by atoms with Crippen molar-refractivity contribution in [3.8, 4) is 11.5 Å². The predicted octanol–water partition coefficient (Wildman–Crippen LogP) is 2.52. The van der Waals surface area contributed by atoms with Gasteiger partial charge in [0.2, 0.25) is 6.79 Å². The minimum Gasteiger partial charge on any atom is -0.454 e. The van der Waals surface area contributed by atoms with Gasteiger partial charge in [-0.05, 0) is 38.4 Å². The van der Waals surface area contributed by atoms with Crippen molar-refractivity contribution in [3.05, 3.63) is 22.2 Å². The molecule has 0 saturated carbocycles. The van der Waals surface area contributed by atoms with E-state index in [0.29, 0.717) is 22.1 Å². The highest BCUT2D eigenvalue weighted by Crippen LogP contribution is 2.47. The number of ether oxygens (including phenoxy) is 2. The number of likely N-dealkylation sites (tertiary alicyclic amines) is 1. The Bertz CT molecular complexity index is 601. The highest BCUT2D eigenvalue weighted by Gasteiger charge is 2.43. The molecule has 1 saturated heterocycles. The summed E-state index contributed by atoms with van der Waals surface area (Å²) >= 11 is 6.36. The van der Waals surface area contributed by atoms with Crippen molar-refractivity contribution in [2.45, 2.75) is 25.3 Å². The fraction of sp³-hybridized carbons (Fsp3) is 0.533. The van der Waals surface area contributed by atoms with Gasteiger partial charge in [-0.3, -0.25) is 4.79 Å². The fourth-order valence-corrected chi connectivity index (χ4v) is 4.01. The van der Waals surface area contributed by atoms with Crippen molar-refractivity contribution in [2.75, 3.05) is 20.4 Å². The van der Waals surface area contributed by atoms with Crippen LogP contribution in [-0.2, 0) is 6.42 Å². The minimum absolute atomic E-state index is 0.0630. The third-order valence-electron chi connectivity index (χ3n) is 4.77. The number of nitrogens with zero attached hydrogens (tertiary/aromatic N) is 1. The van der Waals surface area contributed by atoms with Gasteiger partial charge in [0, 0.05) is 23.0 Å². The van der Waals surface area contributed by atoms with Crippen molar-refractivity contribution in [2.24, 2.45) is 5.92 Å². The maximum Gasteiger partial charge on any atom is 0.231 e. The Morgan fingerprint density at radius 3 is 3.10 bits per heavy atom. The lowest BCUT2D eigenvalue weighted by atomic mass is 9.74. The number of fused-ring (bicyclic) bond motifs is 4. The number of carbonyl (C=O) groups is 1. The Morgan fingerprint density at radius 1 is 1.40 bits per heavy atom. The molecule has 0 amide bonds. The topological polar surface area (TPSA) is 38.8 Å². The molecule has 0 aromatic heterocycles. The number of piperidine rings is 1. The number of likely N-dealkylation sites (N-methyl/N-ethyl adjacent to an activating group) is 1. The van der Waals surface area contributed by atoms with Gasteiger partial charge in [0.15, 0.2) is 17.3 Å². The molecule has 1 aromatic carbocycles. The highest BCUT2D eigenvalue weighted by atomic mass is 35.5. The summed E-state index contributed by atoms with van der Waals surface area (Å²) < 4.78 is 10.9. The summed E-state index contributed by atoms with van der Waals surface area (Å²) in [7, 11) is 2.09. The van der Waals surface area contributed by atoms with Crippen LogP contribution >= 0.6 is 11.6 Å². The van der Waals surface area contributed by atoms with Crippen LogP contribution in [0.4, 0.5) is 0 Å². The lowest BCUT2D eigenvalue weighted by Crippen LogP contribution is -2.49. The van der Waals surface area contributed by atoms with E-state index in [1.165, 1.54) is 0 Å². The van der Waals surface area contributed by atoms with Crippen LogP contribution in [0.25, 0.3) is 0 Å². The second-order valence-electron chi connectivity index (χ2n) is 5.81. The molecule has 2 heterocycles. The first kappa shape index (κ1) is 12.5. The molecule has 0 N–H and O–H groups in total. The lowest BCUT2D eigenvalue weighted by Gasteiger charge is -2.42. The molecular formula is C15H16ClNO3. The second kappa shape index (κ2) is 4.37. The van der Waals surface area contributed by atoms with Crippen molar-refractivity contribution >= 4 is 17.4 Å². The van der Waals surface area contributed by atoms with Crippen LogP contribution in [0.5, 0.6) is 11.5 Å². The molecular weight excluding hydrogens is 278 g/mol. The molecule has 4 rings (SSSR count). The van der Waals surface area contributed by atoms with Gasteiger partial charge in [0.1, 0.15) is 0 Å². The molecule has 4 nitrogen and oxygen atoms in total. The Kier molecular flexibility index (Phi) is 2.72. The number of halogens is 1. The Labute approximate surface area is 122 Å². The van der Waals surface area contributed by atoms with E-state index in [9.17, 15) is 4.79 Å². The van der Waals surface area contributed by atoms with Gasteiger partial charge >= 0.3 is 0 Å². The zero-order valence-corrected chi connectivity index (χ0v) is 12.1. The number of rotatable bonds is 0. The molecule has 3 aliphatic rings.